The van der Waals surface area contributed by atoms with Crippen molar-refractivity contribution in [3.63, 3.8) is 0 Å². The number of benzene rings is 1. The molecule has 0 radical (unpaired) electrons. The molecule has 0 aliphatic carbocycles. The summed E-state index contributed by atoms with van der Waals surface area (Å²) < 4.78 is 5.48. The van der Waals surface area contributed by atoms with Crippen molar-refractivity contribution in [3.05, 3.63) is 41.9 Å². The van der Waals surface area contributed by atoms with E-state index in [1.165, 1.54) is 0 Å². The fraction of sp³-hybridized carbons (Fsp3) is 0.333. The molecule has 0 bridgehead atoms. The van der Waals surface area contributed by atoms with Gasteiger partial charge in [0, 0.05) is 5.56 Å². The fourth-order valence-corrected chi connectivity index (χ4v) is 1.96. The smallest absolute Gasteiger partial charge is 0.358 e. The van der Waals surface area contributed by atoms with E-state index < -0.39 is 12.1 Å². The Kier molecular flexibility index (Phi) is 4.20. The Morgan fingerprint density at radius 3 is 2.50 bits per heavy atom. The van der Waals surface area contributed by atoms with E-state index in [9.17, 15) is 15.0 Å². The number of aromatic nitrogens is 1. The van der Waals surface area contributed by atoms with Crippen LogP contribution in [-0.4, -0.2) is 21.2 Å². The molecule has 1 atom stereocenters. The third-order valence-corrected chi connectivity index (χ3v) is 2.86. The van der Waals surface area contributed by atoms with Gasteiger partial charge in [-0.25, -0.2) is 9.78 Å². The molecule has 0 aliphatic heterocycles. The molecule has 0 aliphatic rings. The number of aliphatic hydroxyl groups excluding tert-OH is 1. The molecule has 20 heavy (non-hydrogen) atoms. The van der Waals surface area contributed by atoms with E-state index in [2.05, 4.69) is 4.98 Å². The predicted molar refractivity (Wildman–Crippen MR) is 73.3 cm³/mol. The molecular formula is C15H17NO4. The minimum absolute atomic E-state index is 0.0509. The molecule has 1 aromatic carbocycles. The van der Waals surface area contributed by atoms with E-state index in [-0.39, 0.29) is 23.3 Å². The third-order valence-electron chi connectivity index (χ3n) is 2.86. The van der Waals surface area contributed by atoms with E-state index in [0.29, 0.717) is 12.0 Å². The lowest BCUT2D eigenvalue weighted by atomic mass is 10.1. The topological polar surface area (TPSA) is 83.6 Å². The zero-order chi connectivity index (χ0) is 14.7. The van der Waals surface area contributed by atoms with Gasteiger partial charge in [0.1, 0.15) is 6.10 Å². The minimum Gasteiger partial charge on any atom is -0.476 e. The number of nitrogens with zero attached hydrogens (tertiary/aromatic N) is 1. The number of aliphatic hydroxyl groups is 1. The van der Waals surface area contributed by atoms with E-state index in [1.807, 2.05) is 19.9 Å². The molecule has 2 aromatic rings. The summed E-state index contributed by atoms with van der Waals surface area (Å²) in [5, 5.41) is 19.2. The second-order valence-electron chi connectivity index (χ2n) is 5.05. The average molecular weight is 275 g/mol. The van der Waals surface area contributed by atoms with Gasteiger partial charge in [0.2, 0.25) is 5.89 Å². The first-order valence-electron chi connectivity index (χ1n) is 6.46. The normalized spacial score (nSPS) is 12.6. The molecule has 0 fully saturated rings. The van der Waals surface area contributed by atoms with Crippen LogP contribution in [0.3, 0.4) is 0 Å². The summed E-state index contributed by atoms with van der Waals surface area (Å²) in [6.07, 6.45) is -0.432. The molecule has 5 nitrogen and oxygen atoms in total. The molecule has 2 N–H and O–H groups in total. The van der Waals surface area contributed by atoms with Crippen LogP contribution in [-0.2, 0) is 0 Å². The van der Waals surface area contributed by atoms with Crippen molar-refractivity contribution in [2.45, 2.75) is 26.4 Å². The highest BCUT2D eigenvalue weighted by Gasteiger charge is 2.24. The number of hydrogen-bond acceptors (Lipinski definition) is 4. The van der Waals surface area contributed by atoms with Crippen molar-refractivity contribution in [2.75, 3.05) is 0 Å². The Morgan fingerprint density at radius 1 is 1.30 bits per heavy atom. The minimum atomic E-state index is -1.17. The lowest BCUT2D eigenvalue weighted by Crippen LogP contribution is -2.04. The number of hydrogen-bond donors (Lipinski definition) is 2. The maximum absolute atomic E-state index is 11.2. The Balaban J connectivity index is 2.42. The van der Waals surface area contributed by atoms with Crippen molar-refractivity contribution in [1.29, 1.82) is 0 Å². The van der Waals surface area contributed by atoms with Gasteiger partial charge in [-0.2, -0.15) is 0 Å². The number of carboxylic acids is 1. The highest BCUT2D eigenvalue weighted by atomic mass is 16.4. The lowest BCUT2D eigenvalue weighted by Gasteiger charge is -2.08. The maximum atomic E-state index is 11.2. The van der Waals surface area contributed by atoms with Crippen LogP contribution in [0.15, 0.2) is 34.7 Å². The zero-order valence-electron chi connectivity index (χ0n) is 11.4. The lowest BCUT2D eigenvalue weighted by molar-refractivity contribution is 0.0691. The molecule has 1 heterocycles. The number of rotatable bonds is 5. The Bertz CT molecular complexity index is 589. The van der Waals surface area contributed by atoms with Gasteiger partial charge >= 0.3 is 5.97 Å². The highest BCUT2D eigenvalue weighted by Crippen LogP contribution is 2.29. The van der Waals surface area contributed by atoms with Gasteiger partial charge < -0.3 is 14.6 Å². The molecule has 5 heteroatoms. The van der Waals surface area contributed by atoms with Gasteiger partial charge in [0.05, 0.1) is 0 Å². The Labute approximate surface area is 116 Å². The second kappa shape index (κ2) is 5.88. The molecule has 0 saturated heterocycles. The standard InChI is InChI=1S/C15H17NO4/c1-9(2)8-11(17)14-16-12(15(18)19)13(20-14)10-6-4-3-5-7-10/h3-7,9,11,17H,8H2,1-2H3,(H,18,19). The van der Waals surface area contributed by atoms with Crippen molar-refractivity contribution < 1.29 is 19.4 Å². The molecule has 0 amide bonds. The molecule has 1 unspecified atom stereocenters. The first-order chi connectivity index (χ1) is 9.49. The first-order valence-corrected chi connectivity index (χ1v) is 6.46. The summed E-state index contributed by atoms with van der Waals surface area (Å²) in [7, 11) is 0. The van der Waals surface area contributed by atoms with E-state index >= 15 is 0 Å². The summed E-state index contributed by atoms with van der Waals surface area (Å²) in [6, 6.07) is 8.88. The first kappa shape index (κ1) is 14.3. The molecule has 0 spiro atoms. The van der Waals surface area contributed by atoms with E-state index in [4.69, 9.17) is 4.42 Å². The van der Waals surface area contributed by atoms with Crippen LogP contribution in [0.5, 0.6) is 0 Å². The van der Waals surface area contributed by atoms with Crippen LogP contribution in [0, 0.1) is 5.92 Å². The molecule has 0 saturated carbocycles. The summed E-state index contributed by atoms with van der Waals surface area (Å²) in [5.74, 6) is -0.688. The predicted octanol–water partition coefficient (Wildman–Crippen LogP) is 3.12. The molecule has 1 aromatic heterocycles. The summed E-state index contributed by atoms with van der Waals surface area (Å²) in [4.78, 5) is 15.2. The van der Waals surface area contributed by atoms with Gasteiger partial charge in [0.15, 0.2) is 11.5 Å². The quantitative estimate of drug-likeness (QED) is 0.875. The van der Waals surface area contributed by atoms with Crippen molar-refractivity contribution in [3.8, 4) is 11.3 Å². The molecular weight excluding hydrogens is 258 g/mol. The van der Waals surface area contributed by atoms with Crippen LogP contribution in [0.2, 0.25) is 0 Å². The molecule has 106 valence electrons. The zero-order valence-corrected chi connectivity index (χ0v) is 11.4. The second-order valence-corrected chi connectivity index (χ2v) is 5.05. The van der Waals surface area contributed by atoms with E-state index in [0.717, 1.165) is 0 Å². The fourth-order valence-electron chi connectivity index (χ4n) is 1.96. The largest absolute Gasteiger partial charge is 0.476 e. The average Bonchev–Trinajstić information content (AvgIpc) is 2.84. The maximum Gasteiger partial charge on any atom is 0.358 e. The van der Waals surface area contributed by atoms with Gasteiger partial charge in [-0.1, -0.05) is 44.2 Å². The molecule has 2 rings (SSSR count). The number of aromatic carboxylic acids is 1. The SMILES string of the molecule is CC(C)CC(O)c1nc(C(=O)O)c(-c2ccccc2)o1. The number of carbonyl (C=O) groups is 1. The summed E-state index contributed by atoms with van der Waals surface area (Å²) in [6.45, 7) is 3.92. The van der Waals surface area contributed by atoms with Crippen LogP contribution in [0.4, 0.5) is 0 Å². The highest BCUT2D eigenvalue weighted by molar-refractivity contribution is 5.92. The van der Waals surface area contributed by atoms with Crippen molar-refractivity contribution in [1.82, 2.24) is 4.98 Å². The van der Waals surface area contributed by atoms with E-state index in [1.54, 1.807) is 24.3 Å². The van der Waals surface area contributed by atoms with Crippen LogP contribution in [0.1, 0.15) is 42.8 Å². The van der Waals surface area contributed by atoms with Gasteiger partial charge in [-0.05, 0) is 12.3 Å². The van der Waals surface area contributed by atoms with Crippen LogP contribution < -0.4 is 0 Å². The monoisotopic (exact) mass is 275 g/mol. The van der Waals surface area contributed by atoms with Crippen molar-refractivity contribution >= 4 is 5.97 Å². The summed E-state index contributed by atoms with van der Waals surface area (Å²) >= 11 is 0. The van der Waals surface area contributed by atoms with Gasteiger partial charge in [-0.15, -0.1) is 0 Å². The Morgan fingerprint density at radius 2 is 1.95 bits per heavy atom. The van der Waals surface area contributed by atoms with Crippen molar-refractivity contribution in [2.24, 2.45) is 5.92 Å². The van der Waals surface area contributed by atoms with Gasteiger partial charge in [0.25, 0.3) is 0 Å². The van der Waals surface area contributed by atoms with Gasteiger partial charge in [-0.3, -0.25) is 0 Å². The van der Waals surface area contributed by atoms with Crippen LogP contribution in [0.25, 0.3) is 11.3 Å². The third kappa shape index (κ3) is 3.05. The Hall–Kier alpha value is -2.14. The summed E-state index contributed by atoms with van der Waals surface area (Å²) in [5.41, 5.74) is 0.453. The van der Waals surface area contributed by atoms with Crippen LogP contribution >= 0.6 is 0 Å². The number of oxazole rings is 1. The number of carboxylic acid groups (broad SMARTS) is 1.